The number of fused-ring (bicyclic) bond motifs is 1. The molecule has 1 aliphatic carbocycles. The van der Waals surface area contributed by atoms with Gasteiger partial charge in [0.05, 0.1) is 0 Å². The van der Waals surface area contributed by atoms with Gasteiger partial charge in [0.25, 0.3) is 0 Å². The zero-order valence-corrected chi connectivity index (χ0v) is 9.95. The highest BCUT2D eigenvalue weighted by atomic mass is 15.2. The van der Waals surface area contributed by atoms with E-state index in [4.69, 9.17) is 5.73 Å². The second-order valence-electron chi connectivity index (χ2n) is 5.16. The van der Waals surface area contributed by atoms with Gasteiger partial charge in [0, 0.05) is 24.3 Å². The highest BCUT2D eigenvalue weighted by Gasteiger charge is 2.31. The van der Waals surface area contributed by atoms with Crippen LogP contribution < -0.4 is 10.6 Å². The van der Waals surface area contributed by atoms with Crippen LogP contribution in [0.4, 0.5) is 5.69 Å². The predicted octanol–water partition coefficient (Wildman–Crippen LogP) is 2.62. The van der Waals surface area contributed by atoms with Gasteiger partial charge in [-0.1, -0.05) is 12.1 Å². The van der Waals surface area contributed by atoms with E-state index in [2.05, 4.69) is 30.0 Å². The van der Waals surface area contributed by atoms with Gasteiger partial charge in [-0.2, -0.15) is 0 Å². The molecule has 3 rings (SSSR count). The number of hydrogen-bond acceptors (Lipinski definition) is 2. The normalized spacial score (nSPS) is 21.8. The van der Waals surface area contributed by atoms with E-state index in [1.54, 1.807) is 0 Å². The molecule has 1 aromatic carbocycles. The number of anilines is 1. The molecule has 2 heteroatoms. The molecule has 2 aliphatic rings. The third-order valence-electron chi connectivity index (χ3n) is 4.11. The van der Waals surface area contributed by atoms with E-state index in [-0.39, 0.29) is 6.04 Å². The summed E-state index contributed by atoms with van der Waals surface area (Å²) >= 11 is 0. The highest BCUT2D eigenvalue weighted by Crippen LogP contribution is 2.38. The van der Waals surface area contributed by atoms with Crippen molar-refractivity contribution in [2.24, 2.45) is 5.73 Å². The van der Waals surface area contributed by atoms with Crippen LogP contribution in [-0.4, -0.2) is 12.6 Å². The SMILES string of the molecule is CC(N)c1cccc2c1CCN2C1CCC1. The summed E-state index contributed by atoms with van der Waals surface area (Å²) < 4.78 is 0. The average molecular weight is 216 g/mol. The second-order valence-corrected chi connectivity index (χ2v) is 5.16. The van der Waals surface area contributed by atoms with Crippen molar-refractivity contribution in [2.45, 2.75) is 44.7 Å². The summed E-state index contributed by atoms with van der Waals surface area (Å²) in [6, 6.07) is 7.59. The van der Waals surface area contributed by atoms with Gasteiger partial charge < -0.3 is 10.6 Å². The van der Waals surface area contributed by atoms with Crippen LogP contribution in [-0.2, 0) is 6.42 Å². The number of nitrogens with two attached hydrogens (primary N) is 1. The lowest BCUT2D eigenvalue weighted by Gasteiger charge is -2.36. The van der Waals surface area contributed by atoms with E-state index in [0.29, 0.717) is 0 Å². The summed E-state index contributed by atoms with van der Waals surface area (Å²) in [6.07, 6.45) is 5.34. The molecular weight excluding hydrogens is 196 g/mol. The van der Waals surface area contributed by atoms with Crippen molar-refractivity contribution in [1.82, 2.24) is 0 Å². The summed E-state index contributed by atoms with van der Waals surface area (Å²) in [4.78, 5) is 2.60. The average Bonchev–Trinajstić information content (AvgIpc) is 2.59. The van der Waals surface area contributed by atoms with Crippen molar-refractivity contribution in [3.8, 4) is 0 Å². The minimum Gasteiger partial charge on any atom is -0.368 e. The van der Waals surface area contributed by atoms with E-state index >= 15 is 0 Å². The van der Waals surface area contributed by atoms with Gasteiger partial charge in [-0.15, -0.1) is 0 Å². The third kappa shape index (κ3) is 1.44. The number of hydrogen-bond donors (Lipinski definition) is 1. The first kappa shape index (κ1) is 10.2. The molecule has 2 N–H and O–H groups in total. The van der Waals surface area contributed by atoms with E-state index in [9.17, 15) is 0 Å². The Balaban J connectivity index is 1.96. The minimum atomic E-state index is 0.163. The maximum absolute atomic E-state index is 6.04. The molecule has 1 aliphatic heterocycles. The Morgan fingerprint density at radius 3 is 2.81 bits per heavy atom. The van der Waals surface area contributed by atoms with Gasteiger partial charge in [0.1, 0.15) is 0 Å². The van der Waals surface area contributed by atoms with Crippen LogP contribution >= 0.6 is 0 Å². The van der Waals surface area contributed by atoms with Crippen LogP contribution in [0.15, 0.2) is 18.2 Å². The molecule has 1 heterocycles. The largest absolute Gasteiger partial charge is 0.368 e. The summed E-state index contributed by atoms with van der Waals surface area (Å²) in [5.74, 6) is 0. The fraction of sp³-hybridized carbons (Fsp3) is 0.571. The van der Waals surface area contributed by atoms with Crippen molar-refractivity contribution in [3.63, 3.8) is 0 Å². The monoisotopic (exact) mass is 216 g/mol. The third-order valence-corrected chi connectivity index (χ3v) is 4.11. The standard InChI is InChI=1S/C14H20N2/c1-10(15)12-6-3-7-14-13(12)8-9-16(14)11-4-2-5-11/h3,6-7,10-11H,2,4-5,8-9,15H2,1H3. The molecule has 0 saturated heterocycles. The first-order chi connectivity index (χ1) is 7.77. The quantitative estimate of drug-likeness (QED) is 0.823. The van der Waals surface area contributed by atoms with Crippen molar-refractivity contribution >= 4 is 5.69 Å². The highest BCUT2D eigenvalue weighted by molar-refractivity contribution is 5.62. The maximum atomic E-state index is 6.04. The van der Waals surface area contributed by atoms with E-state index < -0.39 is 0 Å². The zero-order valence-electron chi connectivity index (χ0n) is 9.95. The van der Waals surface area contributed by atoms with Crippen molar-refractivity contribution in [1.29, 1.82) is 0 Å². The molecular formula is C14H20N2. The molecule has 0 amide bonds. The fourth-order valence-corrected chi connectivity index (χ4v) is 2.99. The molecule has 0 radical (unpaired) electrons. The van der Waals surface area contributed by atoms with Gasteiger partial charge in [0.2, 0.25) is 0 Å². The Kier molecular flexibility index (Phi) is 2.40. The predicted molar refractivity (Wildman–Crippen MR) is 67.7 cm³/mol. The van der Waals surface area contributed by atoms with E-state index in [1.807, 2.05) is 0 Å². The van der Waals surface area contributed by atoms with Crippen LogP contribution in [0.25, 0.3) is 0 Å². The van der Waals surface area contributed by atoms with E-state index in [0.717, 1.165) is 6.04 Å². The van der Waals surface area contributed by atoms with Crippen LogP contribution in [0.1, 0.15) is 43.4 Å². The Morgan fingerprint density at radius 2 is 2.19 bits per heavy atom. The maximum Gasteiger partial charge on any atom is 0.0405 e. The van der Waals surface area contributed by atoms with Gasteiger partial charge in [0.15, 0.2) is 0 Å². The van der Waals surface area contributed by atoms with Crippen LogP contribution in [0, 0.1) is 0 Å². The first-order valence-corrected chi connectivity index (χ1v) is 6.41. The molecule has 1 aromatic rings. The Labute approximate surface area is 97.4 Å². The number of rotatable bonds is 2. The van der Waals surface area contributed by atoms with Crippen molar-refractivity contribution in [2.75, 3.05) is 11.4 Å². The smallest absolute Gasteiger partial charge is 0.0405 e. The van der Waals surface area contributed by atoms with Crippen LogP contribution in [0.5, 0.6) is 0 Å². The van der Waals surface area contributed by atoms with Crippen LogP contribution in [0.3, 0.4) is 0 Å². The second kappa shape index (κ2) is 3.77. The first-order valence-electron chi connectivity index (χ1n) is 6.41. The molecule has 0 spiro atoms. The van der Waals surface area contributed by atoms with Crippen molar-refractivity contribution in [3.05, 3.63) is 29.3 Å². The van der Waals surface area contributed by atoms with Gasteiger partial charge in [-0.25, -0.2) is 0 Å². The van der Waals surface area contributed by atoms with Gasteiger partial charge >= 0.3 is 0 Å². The molecule has 2 nitrogen and oxygen atoms in total. The Bertz CT molecular complexity index is 394. The molecule has 1 unspecified atom stereocenters. The van der Waals surface area contributed by atoms with E-state index in [1.165, 1.54) is 49.0 Å². The lowest BCUT2D eigenvalue weighted by atomic mass is 9.91. The lowest BCUT2D eigenvalue weighted by molar-refractivity contribution is 0.392. The summed E-state index contributed by atoms with van der Waals surface area (Å²) in [5.41, 5.74) is 10.3. The van der Waals surface area contributed by atoms with Crippen molar-refractivity contribution < 1.29 is 0 Å². The lowest BCUT2D eigenvalue weighted by Crippen LogP contribution is -2.38. The summed E-state index contributed by atoms with van der Waals surface area (Å²) in [5, 5.41) is 0. The molecule has 86 valence electrons. The fourth-order valence-electron chi connectivity index (χ4n) is 2.99. The Morgan fingerprint density at radius 1 is 1.38 bits per heavy atom. The molecule has 1 saturated carbocycles. The molecule has 1 atom stereocenters. The Hall–Kier alpha value is -1.02. The number of nitrogens with zero attached hydrogens (tertiary/aromatic N) is 1. The number of benzene rings is 1. The molecule has 0 bridgehead atoms. The molecule has 1 fully saturated rings. The minimum absolute atomic E-state index is 0.163. The summed E-state index contributed by atoms with van der Waals surface area (Å²) in [7, 11) is 0. The van der Waals surface area contributed by atoms with Gasteiger partial charge in [-0.3, -0.25) is 0 Å². The van der Waals surface area contributed by atoms with Crippen LogP contribution in [0.2, 0.25) is 0 Å². The zero-order chi connectivity index (χ0) is 11.1. The summed E-state index contributed by atoms with van der Waals surface area (Å²) in [6.45, 7) is 3.28. The molecule has 0 aromatic heterocycles. The van der Waals surface area contributed by atoms with Gasteiger partial charge in [-0.05, 0) is 49.8 Å². The molecule has 16 heavy (non-hydrogen) atoms. The topological polar surface area (TPSA) is 29.3 Å².